The number of nitrogens with zero attached hydrogens (tertiary/aromatic N) is 1. The predicted octanol–water partition coefficient (Wildman–Crippen LogP) is 7.24. The molecule has 0 aliphatic carbocycles. The number of ether oxygens (including phenoxy) is 2. The Balaban J connectivity index is 1.73. The molecule has 1 aromatic heterocycles. The molecule has 0 fully saturated rings. The van der Waals surface area contributed by atoms with Gasteiger partial charge >= 0.3 is 0 Å². The summed E-state index contributed by atoms with van der Waals surface area (Å²) < 4.78 is 18.1. The van der Waals surface area contributed by atoms with E-state index in [2.05, 4.69) is 49.3 Å². The molecule has 4 nitrogen and oxygen atoms in total. The van der Waals surface area contributed by atoms with Gasteiger partial charge in [0.2, 0.25) is 0 Å². The van der Waals surface area contributed by atoms with Crippen molar-refractivity contribution in [2.45, 2.75) is 46.8 Å². The summed E-state index contributed by atoms with van der Waals surface area (Å²) in [6, 6.07) is 24.5. The molecule has 0 amide bonds. The fraction of sp³-hybridized carbons (Fsp3) is 0.250. The van der Waals surface area contributed by atoms with Crippen molar-refractivity contribution in [3.05, 3.63) is 101 Å². The summed E-state index contributed by atoms with van der Waals surface area (Å²) in [6.45, 7) is 9.25. The average Bonchev–Trinajstić information content (AvgIpc) is 3.15. The summed E-state index contributed by atoms with van der Waals surface area (Å²) in [7, 11) is 0. The maximum atomic E-state index is 6.31. The van der Waals surface area contributed by atoms with Crippen LogP contribution in [0.3, 0.4) is 0 Å². The molecule has 0 aliphatic heterocycles. The van der Waals surface area contributed by atoms with E-state index in [0.29, 0.717) is 13.2 Å². The monoisotopic (exact) mass is 427 g/mol. The molecule has 0 atom stereocenters. The molecule has 1 heterocycles. The van der Waals surface area contributed by atoms with Crippen LogP contribution in [-0.2, 0) is 13.2 Å². The quantitative estimate of drug-likeness (QED) is 0.297. The van der Waals surface area contributed by atoms with Crippen LogP contribution in [0.25, 0.3) is 11.3 Å². The Morgan fingerprint density at radius 2 is 1.34 bits per heavy atom. The molecule has 3 aromatic carbocycles. The molecule has 0 aliphatic rings. The molecular weight excluding hydrogens is 398 g/mol. The highest BCUT2D eigenvalue weighted by Crippen LogP contribution is 2.41. The Kier molecular flexibility index (Phi) is 6.60. The van der Waals surface area contributed by atoms with Crippen molar-refractivity contribution in [3.63, 3.8) is 0 Å². The number of benzene rings is 3. The number of rotatable bonds is 8. The summed E-state index contributed by atoms with van der Waals surface area (Å²) in [5.41, 5.74) is 6.09. The maximum absolute atomic E-state index is 6.31. The van der Waals surface area contributed by atoms with Gasteiger partial charge in [-0.25, -0.2) is 0 Å². The van der Waals surface area contributed by atoms with Crippen molar-refractivity contribution in [1.29, 1.82) is 0 Å². The molecule has 0 radical (unpaired) electrons. The van der Waals surface area contributed by atoms with Gasteiger partial charge in [0.05, 0.1) is 0 Å². The van der Waals surface area contributed by atoms with Crippen LogP contribution in [-0.4, -0.2) is 5.16 Å². The van der Waals surface area contributed by atoms with Crippen molar-refractivity contribution in [3.8, 4) is 22.8 Å². The summed E-state index contributed by atoms with van der Waals surface area (Å²) in [6.07, 6.45) is 0. The van der Waals surface area contributed by atoms with E-state index in [0.717, 1.165) is 50.8 Å². The number of aryl methyl sites for hydroxylation is 1. The van der Waals surface area contributed by atoms with E-state index in [1.807, 2.05) is 56.3 Å². The van der Waals surface area contributed by atoms with Crippen LogP contribution < -0.4 is 9.47 Å². The van der Waals surface area contributed by atoms with Crippen molar-refractivity contribution in [2.75, 3.05) is 0 Å². The first kappa shape index (κ1) is 21.7. The molecule has 0 unspecified atom stereocenters. The van der Waals surface area contributed by atoms with Crippen molar-refractivity contribution in [2.24, 2.45) is 0 Å². The second-order valence-corrected chi connectivity index (χ2v) is 8.30. The Labute approximate surface area is 189 Å². The van der Waals surface area contributed by atoms with E-state index in [4.69, 9.17) is 14.0 Å². The second kappa shape index (κ2) is 9.73. The van der Waals surface area contributed by atoms with E-state index in [1.54, 1.807) is 0 Å². The average molecular weight is 428 g/mol. The highest BCUT2D eigenvalue weighted by molar-refractivity contribution is 5.73. The minimum Gasteiger partial charge on any atom is -0.488 e. The first-order valence-electron chi connectivity index (χ1n) is 11.0. The molecule has 164 valence electrons. The fourth-order valence-corrected chi connectivity index (χ4v) is 3.60. The maximum Gasteiger partial charge on any atom is 0.137 e. The standard InChI is InChI=1S/C28H29NO3/c1-19(2)24-15-25(28-20(3)21(4)32-29-28)27(31-18-23-13-9-6-10-14-23)16-26(24)30-17-22-11-7-5-8-12-22/h5-16,19H,17-18H2,1-4H3. The van der Waals surface area contributed by atoms with E-state index in [9.17, 15) is 0 Å². The smallest absolute Gasteiger partial charge is 0.137 e. The van der Waals surface area contributed by atoms with Crippen LogP contribution in [0.15, 0.2) is 77.3 Å². The molecule has 4 aromatic rings. The summed E-state index contributed by atoms with van der Waals surface area (Å²) in [5.74, 6) is 2.65. The lowest BCUT2D eigenvalue weighted by Crippen LogP contribution is -2.04. The number of hydrogen-bond donors (Lipinski definition) is 0. The molecule has 0 bridgehead atoms. The lowest BCUT2D eigenvalue weighted by Gasteiger charge is -2.19. The zero-order valence-corrected chi connectivity index (χ0v) is 19.1. The third-order valence-corrected chi connectivity index (χ3v) is 5.62. The molecule has 4 rings (SSSR count). The van der Waals surface area contributed by atoms with E-state index < -0.39 is 0 Å². The van der Waals surface area contributed by atoms with E-state index in [1.165, 1.54) is 0 Å². The van der Waals surface area contributed by atoms with Crippen molar-refractivity contribution < 1.29 is 14.0 Å². The van der Waals surface area contributed by atoms with Crippen molar-refractivity contribution in [1.82, 2.24) is 5.16 Å². The van der Waals surface area contributed by atoms with Gasteiger partial charge in [-0.3, -0.25) is 0 Å². The van der Waals surface area contributed by atoms with Crippen LogP contribution in [0, 0.1) is 13.8 Å². The van der Waals surface area contributed by atoms with Crippen LogP contribution in [0.4, 0.5) is 0 Å². The highest BCUT2D eigenvalue weighted by atomic mass is 16.5. The zero-order chi connectivity index (χ0) is 22.5. The molecule has 0 spiro atoms. The molecule has 0 saturated heterocycles. The molecule has 0 N–H and O–H groups in total. The van der Waals surface area contributed by atoms with Crippen LogP contribution in [0.5, 0.6) is 11.5 Å². The zero-order valence-electron chi connectivity index (χ0n) is 19.1. The number of aromatic nitrogens is 1. The minimum absolute atomic E-state index is 0.274. The SMILES string of the molecule is Cc1onc(-c2cc(C(C)C)c(OCc3ccccc3)cc2OCc2ccccc2)c1C. The van der Waals surface area contributed by atoms with Gasteiger partial charge < -0.3 is 14.0 Å². The third-order valence-electron chi connectivity index (χ3n) is 5.62. The predicted molar refractivity (Wildman–Crippen MR) is 127 cm³/mol. The minimum atomic E-state index is 0.274. The molecular formula is C28H29NO3. The summed E-state index contributed by atoms with van der Waals surface area (Å²) >= 11 is 0. The summed E-state index contributed by atoms with van der Waals surface area (Å²) in [5, 5.41) is 4.33. The second-order valence-electron chi connectivity index (χ2n) is 8.30. The van der Waals surface area contributed by atoms with Gasteiger partial charge in [0.25, 0.3) is 0 Å². The van der Waals surface area contributed by atoms with Gasteiger partial charge in [0, 0.05) is 17.2 Å². The van der Waals surface area contributed by atoms with Gasteiger partial charge in [-0.05, 0) is 42.5 Å². The Morgan fingerprint density at radius 1 is 0.781 bits per heavy atom. The van der Waals surface area contributed by atoms with Crippen LogP contribution in [0.2, 0.25) is 0 Å². The normalized spacial score (nSPS) is 11.0. The van der Waals surface area contributed by atoms with Crippen LogP contribution in [0.1, 0.15) is 47.8 Å². The van der Waals surface area contributed by atoms with Gasteiger partial charge in [0.15, 0.2) is 0 Å². The molecule has 4 heteroatoms. The first-order valence-corrected chi connectivity index (χ1v) is 11.0. The lowest BCUT2D eigenvalue weighted by molar-refractivity contribution is 0.287. The largest absolute Gasteiger partial charge is 0.488 e. The summed E-state index contributed by atoms with van der Waals surface area (Å²) in [4.78, 5) is 0. The van der Waals surface area contributed by atoms with Gasteiger partial charge in [-0.2, -0.15) is 0 Å². The first-order chi connectivity index (χ1) is 15.5. The van der Waals surface area contributed by atoms with E-state index in [-0.39, 0.29) is 5.92 Å². The Hall–Kier alpha value is -3.53. The lowest BCUT2D eigenvalue weighted by atomic mass is 9.96. The fourth-order valence-electron chi connectivity index (χ4n) is 3.60. The number of hydrogen-bond acceptors (Lipinski definition) is 4. The van der Waals surface area contributed by atoms with E-state index >= 15 is 0 Å². The molecule has 0 saturated carbocycles. The van der Waals surface area contributed by atoms with Gasteiger partial charge in [-0.15, -0.1) is 0 Å². The topological polar surface area (TPSA) is 44.5 Å². The Morgan fingerprint density at radius 3 is 1.84 bits per heavy atom. The Bertz CT molecular complexity index is 1160. The highest BCUT2D eigenvalue weighted by Gasteiger charge is 2.21. The van der Waals surface area contributed by atoms with Crippen molar-refractivity contribution >= 4 is 0 Å². The molecule has 32 heavy (non-hydrogen) atoms. The van der Waals surface area contributed by atoms with Crippen LogP contribution >= 0.6 is 0 Å². The van der Waals surface area contributed by atoms with Gasteiger partial charge in [-0.1, -0.05) is 79.7 Å². The van der Waals surface area contributed by atoms with Gasteiger partial charge in [0.1, 0.15) is 36.2 Å². The third kappa shape index (κ3) is 4.86.